The maximum absolute atomic E-state index is 9.08. The van der Waals surface area contributed by atoms with Crippen molar-refractivity contribution in [1.82, 2.24) is 4.98 Å². The van der Waals surface area contributed by atoms with E-state index in [0.29, 0.717) is 11.5 Å². The highest BCUT2D eigenvalue weighted by molar-refractivity contribution is 9.10. The Labute approximate surface area is 129 Å². The van der Waals surface area contributed by atoms with Crippen LogP contribution in [0.2, 0.25) is 0 Å². The van der Waals surface area contributed by atoms with Gasteiger partial charge in [-0.1, -0.05) is 15.9 Å². The van der Waals surface area contributed by atoms with Crippen LogP contribution in [0.5, 0.6) is 0 Å². The fraction of sp³-hybridized carbons (Fsp3) is 0.0588. The lowest BCUT2D eigenvalue weighted by Gasteiger charge is -2.08. The molecule has 4 rings (SSSR count). The van der Waals surface area contributed by atoms with Gasteiger partial charge in [0, 0.05) is 15.2 Å². The van der Waals surface area contributed by atoms with Crippen molar-refractivity contribution in [2.24, 2.45) is 0 Å². The van der Waals surface area contributed by atoms with Gasteiger partial charge in [-0.3, -0.25) is 0 Å². The van der Waals surface area contributed by atoms with E-state index in [1.54, 1.807) is 6.07 Å². The highest BCUT2D eigenvalue weighted by Crippen LogP contribution is 2.39. The number of aryl methyl sites for hydroxylation is 1. The minimum absolute atomic E-state index is 0.618. The van der Waals surface area contributed by atoms with Crippen LogP contribution in [0.4, 0.5) is 0 Å². The Morgan fingerprint density at radius 2 is 2.00 bits per heavy atom. The summed E-state index contributed by atoms with van der Waals surface area (Å²) in [6.45, 7) is 2.06. The second-order valence-corrected chi connectivity index (χ2v) is 5.92. The van der Waals surface area contributed by atoms with E-state index in [1.165, 1.54) is 0 Å². The summed E-state index contributed by atoms with van der Waals surface area (Å²) >= 11 is 3.49. The SMILES string of the molecule is Cc1c2c3cc(C#N)ccc3nc-2oc2ccc(Br)cc12. The molecule has 0 saturated heterocycles. The molecule has 0 atom stereocenters. The predicted octanol–water partition coefficient (Wildman–Crippen LogP) is 5.03. The van der Waals surface area contributed by atoms with Crippen molar-refractivity contribution in [3.05, 3.63) is 52.0 Å². The second kappa shape index (κ2) is 4.31. The third kappa shape index (κ3) is 1.75. The number of hydrogen-bond acceptors (Lipinski definition) is 3. The quantitative estimate of drug-likeness (QED) is 0.452. The highest BCUT2D eigenvalue weighted by atomic mass is 79.9. The molecule has 0 fully saturated rings. The summed E-state index contributed by atoms with van der Waals surface area (Å²) < 4.78 is 6.93. The molecule has 3 nitrogen and oxygen atoms in total. The monoisotopic (exact) mass is 336 g/mol. The molecule has 0 saturated carbocycles. The van der Waals surface area contributed by atoms with Crippen LogP contribution >= 0.6 is 15.9 Å². The first-order valence-corrected chi connectivity index (χ1v) is 7.29. The molecule has 0 spiro atoms. The Hall–Kier alpha value is -2.38. The lowest BCUT2D eigenvalue weighted by Crippen LogP contribution is -1.86. The fourth-order valence-corrected chi connectivity index (χ4v) is 3.10. The smallest absolute Gasteiger partial charge is 0.228 e. The van der Waals surface area contributed by atoms with Gasteiger partial charge in [0.15, 0.2) is 0 Å². The predicted molar refractivity (Wildman–Crippen MR) is 85.3 cm³/mol. The van der Waals surface area contributed by atoms with Crippen molar-refractivity contribution in [2.45, 2.75) is 6.92 Å². The van der Waals surface area contributed by atoms with E-state index in [4.69, 9.17) is 9.68 Å². The molecule has 2 aliphatic heterocycles. The Balaban J connectivity index is 2.22. The molecule has 0 bridgehead atoms. The molecule has 0 unspecified atom stereocenters. The molecule has 21 heavy (non-hydrogen) atoms. The van der Waals surface area contributed by atoms with Crippen LogP contribution in [0.25, 0.3) is 33.3 Å². The number of nitriles is 1. The summed E-state index contributed by atoms with van der Waals surface area (Å²) in [6, 6.07) is 13.6. The molecule has 2 aromatic rings. The van der Waals surface area contributed by atoms with Crippen molar-refractivity contribution < 1.29 is 4.42 Å². The summed E-state index contributed by atoms with van der Waals surface area (Å²) in [6.07, 6.45) is 0. The summed E-state index contributed by atoms with van der Waals surface area (Å²) in [4.78, 5) is 4.54. The molecule has 2 aromatic carbocycles. The van der Waals surface area contributed by atoms with Gasteiger partial charge in [-0.2, -0.15) is 5.26 Å². The van der Waals surface area contributed by atoms with Crippen LogP contribution < -0.4 is 0 Å². The van der Waals surface area contributed by atoms with Gasteiger partial charge in [-0.15, -0.1) is 0 Å². The van der Waals surface area contributed by atoms with Crippen LogP contribution in [-0.2, 0) is 0 Å². The molecule has 0 aromatic heterocycles. The van der Waals surface area contributed by atoms with Crippen molar-refractivity contribution in [3.8, 4) is 17.5 Å². The number of nitrogens with zero attached hydrogens (tertiary/aromatic N) is 2. The molecule has 2 heterocycles. The number of rotatable bonds is 0. The highest BCUT2D eigenvalue weighted by Gasteiger charge is 2.20. The molecule has 4 heteroatoms. The summed E-state index contributed by atoms with van der Waals surface area (Å²) in [7, 11) is 0. The van der Waals surface area contributed by atoms with Gasteiger partial charge < -0.3 is 4.42 Å². The first-order valence-electron chi connectivity index (χ1n) is 6.49. The first-order chi connectivity index (χ1) is 10.2. The molecule has 0 N–H and O–H groups in total. The zero-order chi connectivity index (χ0) is 14.6. The van der Waals surface area contributed by atoms with Crippen LogP contribution in [0, 0.1) is 18.3 Å². The van der Waals surface area contributed by atoms with E-state index in [2.05, 4.69) is 33.9 Å². The number of fused-ring (bicyclic) bond motifs is 4. The third-order valence-electron chi connectivity index (χ3n) is 3.76. The molecule has 0 radical (unpaired) electrons. The second-order valence-electron chi connectivity index (χ2n) is 5.00. The average molecular weight is 337 g/mol. The van der Waals surface area contributed by atoms with Crippen molar-refractivity contribution in [3.63, 3.8) is 0 Å². The van der Waals surface area contributed by atoms with Crippen LogP contribution in [0.15, 0.2) is 45.3 Å². The molecule has 0 amide bonds. The topological polar surface area (TPSA) is 49.8 Å². The van der Waals surface area contributed by atoms with E-state index in [1.807, 2.05) is 30.3 Å². The van der Waals surface area contributed by atoms with Gasteiger partial charge >= 0.3 is 0 Å². The van der Waals surface area contributed by atoms with Crippen molar-refractivity contribution in [1.29, 1.82) is 5.26 Å². The van der Waals surface area contributed by atoms with Gasteiger partial charge in [0.05, 0.1) is 22.7 Å². The Kier molecular flexibility index (Phi) is 2.54. The first kappa shape index (κ1) is 12.4. The Bertz CT molecular complexity index is 1030. The molecule has 100 valence electrons. The van der Waals surface area contributed by atoms with Crippen molar-refractivity contribution >= 4 is 37.8 Å². The van der Waals surface area contributed by atoms with E-state index in [0.717, 1.165) is 37.5 Å². The summed E-state index contributed by atoms with van der Waals surface area (Å²) in [5.74, 6) is 0.618. The fourth-order valence-electron chi connectivity index (χ4n) is 2.74. The lowest BCUT2D eigenvalue weighted by atomic mass is 10.0. The maximum Gasteiger partial charge on any atom is 0.228 e. The number of hydrogen-bond donors (Lipinski definition) is 0. The minimum atomic E-state index is 0.618. The van der Waals surface area contributed by atoms with E-state index < -0.39 is 0 Å². The zero-order valence-corrected chi connectivity index (χ0v) is 12.7. The third-order valence-corrected chi connectivity index (χ3v) is 4.25. The van der Waals surface area contributed by atoms with E-state index in [9.17, 15) is 0 Å². The maximum atomic E-state index is 9.08. The largest absolute Gasteiger partial charge is 0.438 e. The Morgan fingerprint density at radius 1 is 1.14 bits per heavy atom. The number of halogens is 1. The van der Waals surface area contributed by atoms with Crippen LogP contribution in [-0.4, -0.2) is 4.98 Å². The minimum Gasteiger partial charge on any atom is -0.438 e. The molecular formula is C17H9BrN2O. The molecule has 2 aliphatic rings. The lowest BCUT2D eigenvalue weighted by molar-refractivity contribution is 0.604. The van der Waals surface area contributed by atoms with Gasteiger partial charge in [-0.25, -0.2) is 4.98 Å². The zero-order valence-electron chi connectivity index (χ0n) is 11.1. The average Bonchev–Trinajstić information content (AvgIpc) is 2.85. The number of aromatic nitrogens is 1. The van der Waals surface area contributed by atoms with Gasteiger partial charge in [0.25, 0.3) is 0 Å². The number of benzene rings is 2. The van der Waals surface area contributed by atoms with E-state index >= 15 is 0 Å². The van der Waals surface area contributed by atoms with Gasteiger partial charge in [0.1, 0.15) is 5.58 Å². The van der Waals surface area contributed by atoms with Crippen molar-refractivity contribution in [2.75, 3.05) is 0 Å². The Morgan fingerprint density at radius 3 is 2.81 bits per heavy atom. The van der Waals surface area contributed by atoms with Gasteiger partial charge in [0.2, 0.25) is 5.89 Å². The normalized spacial score (nSPS) is 11.3. The molecule has 0 aliphatic carbocycles. The van der Waals surface area contributed by atoms with Crippen LogP contribution in [0.3, 0.4) is 0 Å². The standard InChI is InChI=1S/C17H9BrN2O/c1-9-12-7-11(18)3-5-15(12)21-17-16(9)13-6-10(8-19)2-4-14(13)20-17/h2-7H,1H3. The molecular weight excluding hydrogens is 328 g/mol. The van der Waals surface area contributed by atoms with Crippen LogP contribution in [0.1, 0.15) is 11.1 Å². The van der Waals surface area contributed by atoms with E-state index in [-0.39, 0.29) is 0 Å². The van der Waals surface area contributed by atoms with Gasteiger partial charge in [-0.05, 0) is 48.9 Å². The summed E-state index contributed by atoms with van der Waals surface area (Å²) in [5, 5.41) is 11.1. The summed E-state index contributed by atoms with van der Waals surface area (Å²) in [5.41, 5.74) is 4.39.